The Labute approximate surface area is 109 Å². The molecule has 0 aliphatic heterocycles. The van der Waals surface area contributed by atoms with Crippen molar-refractivity contribution in [1.29, 1.82) is 0 Å². The van der Waals surface area contributed by atoms with Crippen LogP contribution in [-0.2, 0) is 6.54 Å². The molecule has 4 heteroatoms. The zero-order valence-electron chi connectivity index (χ0n) is 11.4. The highest BCUT2D eigenvalue weighted by atomic mass is 16.3. The highest BCUT2D eigenvalue weighted by molar-refractivity contribution is 5.24. The van der Waals surface area contributed by atoms with E-state index in [-0.39, 0.29) is 12.1 Å². The lowest BCUT2D eigenvalue weighted by Gasteiger charge is -2.35. The summed E-state index contributed by atoms with van der Waals surface area (Å²) in [5.74, 6) is 0. The topological polar surface area (TPSA) is 69.7 Å². The predicted octanol–water partition coefficient (Wildman–Crippen LogP) is 0.881. The van der Waals surface area contributed by atoms with E-state index >= 15 is 0 Å². The Morgan fingerprint density at radius 1 is 1.28 bits per heavy atom. The Bertz CT molecular complexity index is 363. The lowest BCUT2D eigenvalue weighted by molar-refractivity contribution is 0.0360. The van der Waals surface area contributed by atoms with Crippen LogP contribution in [-0.4, -0.2) is 40.9 Å². The van der Waals surface area contributed by atoms with Crippen LogP contribution in [0.4, 0.5) is 0 Å². The van der Waals surface area contributed by atoms with Crippen molar-refractivity contribution < 1.29 is 10.2 Å². The van der Waals surface area contributed by atoms with Gasteiger partial charge in [-0.05, 0) is 32.0 Å². The molecule has 18 heavy (non-hydrogen) atoms. The van der Waals surface area contributed by atoms with Crippen LogP contribution >= 0.6 is 0 Å². The molecule has 102 valence electrons. The van der Waals surface area contributed by atoms with Crippen molar-refractivity contribution in [2.75, 3.05) is 20.2 Å². The van der Waals surface area contributed by atoms with E-state index < -0.39 is 6.10 Å². The monoisotopic (exact) mass is 252 g/mol. The van der Waals surface area contributed by atoms with Gasteiger partial charge in [0.25, 0.3) is 0 Å². The number of β-amino-alcohol motifs (C(OH)–C–C–N with tert-alkyl or cyclic N) is 1. The van der Waals surface area contributed by atoms with Crippen molar-refractivity contribution in [2.45, 2.75) is 32.0 Å². The highest BCUT2D eigenvalue weighted by Gasteiger charge is 2.24. The fraction of sp³-hybridized carbons (Fsp3) is 0.571. The summed E-state index contributed by atoms with van der Waals surface area (Å²) < 4.78 is 0. The van der Waals surface area contributed by atoms with E-state index in [1.807, 2.05) is 50.1 Å². The number of nitrogens with two attached hydrogens (primary N) is 1. The van der Waals surface area contributed by atoms with Gasteiger partial charge in [-0.25, -0.2) is 0 Å². The first-order valence-electron chi connectivity index (χ1n) is 6.20. The third kappa shape index (κ3) is 3.78. The van der Waals surface area contributed by atoms with Crippen molar-refractivity contribution in [3.05, 3.63) is 35.4 Å². The molecule has 0 aliphatic rings. The van der Waals surface area contributed by atoms with Crippen molar-refractivity contribution in [2.24, 2.45) is 5.73 Å². The molecule has 0 fully saturated rings. The van der Waals surface area contributed by atoms with Crippen LogP contribution in [0.25, 0.3) is 0 Å². The molecule has 0 radical (unpaired) electrons. The molecule has 4 nitrogen and oxygen atoms in total. The molecule has 0 spiro atoms. The molecule has 0 amide bonds. The van der Waals surface area contributed by atoms with E-state index in [1.54, 1.807) is 0 Å². The van der Waals surface area contributed by atoms with Crippen LogP contribution in [0, 0.1) is 0 Å². The number of aliphatic hydroxyl groups is 2. The van der Waals surface area contributed by atoms with Crippen LogP contribution in [0.15, 0.2) is 24.3 Å². The summed E-state index contributed by atoms with van der Waals surface area (Å²) in [6.07, 6.45) is -0.562. The van der Waals surface area contributed by atoms with Gasteiger partial charge in [0, 0.05) is 18.6 Å². The minimum absolute atomic E-state index is 0.0579. The normalized spacial score (nSPS) is 13.9. The fourth-order valence-corrected chi connectivity index (χ4v) is 1.61. The maximum atomic E-state index is 10.2. The van der Waals surface area contributed by atoms with Gasteiger partial charge in [-0.3, -0.25) is 4.90 Å². The lowest BCUT2D eigenvalue weighted by atomic mass is 10.0. The van der Waals surface area contributed by atoms with Crippen molar-refractivity contribution >= 4 is 0 Å². The van der Waals surface area contributed by atoms with Gasteiger partial charge in [0.15, 0.2) is 0 Å². The largest absolute Gasteiger partial charge is 0.394 e. The second kappa shape index (κ2) is 6.29. The standard InChI is InChI=1S/C14H24N2O2/c1-14(2,10-17)16(3)9-13(18)12-6-4-11(8-15)5-7-12/h4-7,13,17-18H,8-10,15H2,1-3H3. The van der Waals surface area contributed by atoms with Crippen LogP contribution in [0.1, 0.15) is 31.1 Å². The zero-order chi connectivity index (χ0) is 13.8. The number of hydrogen-bond acceptors (Lipinski definition) is 4. The summed E-state index contributed by atoms with van der Waals surface area (Å²) in [5.41, 5.74) is 7.12. The van der Waals surface area contributed by atoms with E-state index in [4.69, 9.17) is 5.73 Å². The van der Waals surface area contributed by atoms with Crippen LogP contribution in [0.5, 0.6) is 0 Å². The van der Waals surface area contributed by atoms with E-state index in [0.717, 1.165) is 11.1 Å². The third-order valence-corrected chi connectivity index (χ3v) is 3.47. The molecular formula is C14H24N2O2. The summed E-state index contributed by atoms with van der Waals surface area (Å²) in [4.78, 5) is 1.95. The predicted molar refractivity (Wildman–Crippen MR) is 73.1 cm³/mol. The number of aliphatic hydroxyl groups excluding tert-OH is 2. The Balaban J connectivity index is 2.67. The summed E-state index contributed by atoms with van der Waals surface area (Å²) in [6.45, 7) is 4.93. The first-order chi connectivity index (χ1) is 8.40. The van der Waals surface area contributed by atoms with E-state index in [0.29, 0.717) is 13.1 Å². The van der Waals surface area contributed by atoms with Gasteiger partial charge in [0.05, 0.1) is 12.7 Å². The first-order valence-corrected chi connectivity index (χ1v) is 6.20. The van der Waals surface area contributed by atoms with Crippen molar-refractivity contribution in [1.82, 2.24) is 4.90 Å². The van der Waals surface area contributed by atoms with Gasteiger partial charge in [0.2, 0.25) is 0 Å². The molecule has 0 bridgehead atoms. The van der Waals surface area contributed by atoms with E-state index in [1.165, 1.54) is 0 Å². The Hall–Kier alpha value is -0.940. The summed E-state index contributed by atoms with van der Waals surface area (Å²) in [6, 6.07) is 7.64. The molecule has 4 N–H and O–H groups in total. The van der Waals surface area contributed by atoms with Gasteiger partial charge in [0.1, 0.15) is 0 Å². The minimum atomic E-state index is -0.562. The van der Waals surface area contributed by atoms with E-state index in [2.05, 4.69) is 0 Å². The SMILES string of the molecule is CN(CC(O)c1ccc(CN)cc1)C(C)(C)CO. The van der Waals surface area contributed by atoms with Crippen molar-refractivity contribution in [3.63, 3.8) is 0 Å². The van der Waals surface area contributed by atoms with Gasteiger partial charge >= 0.3 is 0 Å². The van der Waals surface area contributed by atoms with Gasteiger partial charge in [-0.15, -0.1) is 0 Å². The maximum Gasteiger partial charge on any atom is 0.0917 e. The van der Waals surface area contributed by atoms with Gasteiger partial charge in [-0.1, -0.05) is 24.3 Å². The smallest absolute Gasteiger partial charge is 0.0917 e. The minimum Gasteiger partial charge on any atom is -0.394 e. The maximum absolute atomic E-state index is 10.2. The number of hydrogen-bond donors (Lipinski definition) is 3. The Morgan fingerprint density at radius 3 is 2.28 bits per heavy atom. The van der Waals surface area contributed by atoms with E-state index in [9.17, 15) is 10.2 Å². The average molecular weight is 252 g/mol. The second-order valence-electron chi connectivity index (χ2n) is 5.31. The highest BCUT2D eigenvalue weighted by Crippen LogP contribution is 2.19. The van der Waals surface area contributed by atoms with Crippen LogP contribution in [0.2, 0.25) is 0 Å². The molecule has 0 aromatic heterocycles. The van der Waals surface area contributed by atoms with Crippen molar-refractivity contribution in [3.8, 4) is 0 Å². The fourth-order valence-electron chi connectivity index (χ4n) is 1.61. The van der Waals surface area contributed by atoms with Gasteiger partial charge < -0.3 is 15.9 Å². The molecule has 0 aliphatic carbocycles. The number of likely N-dealkylation sites (N-methyl/N-ethyl adjacent to an activating group) is 1. The molecule has 1 aromatic carbocycles. The third-order valence-electron chi connectivity index (χ3n) is 3.47. The lowest BCUT2D eigenvalue weighted by Crippen LogP contribution is -2.46. The summed E-state index contributed by atoms with van der Waals surface area (Å²) in [5, 5.41) is 19.4. The average Bonchev–Trinajstić information content (AvgIpc) is 2.38. The molecule has 0 saturated carbocycles. The van der Waals surface area contributed by atoms with Crippen LogP contribution in [0.3, 0.4) is 0 Å². The Morgan fingerprint density at radius 2 is 1.83 bits per heavy atom. The number of rotatable bonds is 6. The summed E-state index contributed by atoms with van der Waals surface area (Å²) >= 11 is 0. The first kappa shape index (κ1) is 15.1. The van der Waals surface area contributed by atoms with Crippen LogP contribution < -0.4 is 5.73 Å². The Kier molecular flexibility index (Phi) is 5.28. The second-order valence-corrected chi connectivity index (χ2v) is 5.31. The molecule has 1 atom stereocenters. The zero-order valence-corrected chi connectivity index (χ0v) is 11.4. The molecule has 0 heterocycles. The molecule has 1 unspecified atom stereocenters. The molecule has 1 aromatic rings. The van der Waals surface area contributed by atoms with Gasteiger partial charge in [-0.2, -0.15) is 0 Å². The summed E-state index contributed by atoms with van der Waals surface area (Å²) in [7, 11) is 1.90. The number of nitrogens with zero attached hydrogens (tertiary/aromatic N) is 1. The number of benzene rings is 1. The molecule has 1 rings (SSSR count). The molecular weight excluding hydrogens is 228 g/mol. The molecule has 0 saturated heterocycles. The quantitative estimate of drug-likeness (QED) is 0.703.